The number of nitrogens with zero attached hydrogens (tertiary/aromatic N) is 2. The number of aryl methyl sites for hydroxylation is 1. The molecule has 0 aliphatic carbocycles. The topological polar surface area (TPSA) is 63.1 Å². The molecule has 0 saturated carbocycles. The zero-order valence-corrected chi connectivity index (χ0v) is 12.9. The molecule has 2 aromatic rings. The van der Waals surface area contributed by atoms with E-state index in [9.17, 15) is 4.79 Å². The number of aromatic nitrogens is 2. The lowest BCUT2D eigenvalue weighted by Crippen LogP contribution is -1.99. The number of hydrogen-bond acceptors (Lipinski definition) is 6. The Hall–Kier alpha value is -0.920. The van der Waals surface area contributed by atoms with E-state index in [0.29, 0.717) is 5.69 Å². The Bertz CT molecular complexity index is 551. The maximum absolute atomic E-state index is 10.6. The molecule has 19 heavy (non-hydrogen) atoms. The number of thiazole rings is 2. The van der Waals surface area contributed by atoms with E-state index in [1.807, 2.05) is 0 Å². The highest BCUT2D eigenvalue weighted by Gasteiger charge is 2.08. The molecule has 102 valence electrons. The highest BCUT2D eigenvalue weighted by Crippen LogP contribution is 2.27. The van der Waals surface area contributed by atoms with Crippen LogP contribution >= 0.6 is 34.4 Å². The van der Waals surface area contributed by atoms with Gasteiger partial charge in [0.1, 0.15) is 0 Å². The fourth-order valence-electron chi connectivity index (χ4n) is 1.47. The zero-order chi connectivity index (χ0) is 13.7. The molecule has 2 aromatic heterocycles. The van der Waals surface area contributed by atoms with Crippen molar-refractivity contribution in [1.29, 1.82) is 0 Å². The van der Waals surface area contributed by atoms with Crippen LogP contribution in [-0.4, -0.2) is 21.0 Å². The molecule has 0 spiro atoms. The lowest BCUT2D eigenvalue weighted by molar-refractivity contribution is -0.136. The van der Waals surface area contributed by atoms with Gasteiger partial charge in [0.2, 0.25) is 0 Å². The molecule has 0 fully saturated rings. The van der Waals surface area contributed by atoms with Crippen LogP contribution in [0.2, 0.25) is 0 Å². The lowest BCUT2D eigenvalue weighted by Gasteiger charge is -1.93. The van der Waals surface area contributed by atoms with E-state index >= 15 is 0 Å². The van der Waals surface area contributed by atoms with Crippen LogP contribution in [0.4, 0.5) is 0 Å². The predicted octanol–water partition coefficient (Wildman–Crippen LogP) is 3.47. The van der Waals surface area contributed by atoms with E-state index in [0.717, 1.165) is 28.6 Å². The predicted molar refractivity (Wildman–Crippen MR) is 79.1 cm³/mol. The Morgan fingerprint density at radius 2 is 2.11 bits per heavy atom. The third kappa shape index (κ3) is 4.59. The van der Waals surface area contributed by atoms with Crippen molar-refractivity contribution in [2.24, 2.45) is 0 Å². The fourth-order valence-corrected chi connectivity index (χ4v) is 4.21. The summed E-state index contributed by atoms with van der Waals surface area (Å²) in [4.78, 5) is 19.4. The van der Waals surface area contributed by atoms with Crippen molar-refractivity contribution in [2.45, 2.75) is 36.3 Å². The Kier molecular flexibility index (Phi) is 5.35. The Labute approximate surface area is 123 Å². The van der Waals surface area contributed by atoms with Crippen molar-refractivity contribution < 1.29 is 9.90 Å². The minimum atomic E-state index is -0.842. The molecule has 1 N–H and O–H groups in total. The third-order valence-corrected chi connectivity index (χ3v) is 5.33. The molecule has 0 aromatic carbocycles. The van der Waals surface area contributed by atoms with Gasteiger partial charge in [-0.2, -0.15) is 0 Å². The molecule has 0 unspecified atom stereocenters. The summed E-state index contributed by atoms with van der Waals surface area (Å²) in [5, 5.41) is 13.8. The molecule has 0 saturated heterocycles. The van der Waals surface area contributed by atoms with Gasteiger partial charge in [-0.1, -0.05) is 18.7 Å². The Morgan fingerprint density at radius 1 is 1.32 bits per heavy atom. The van der Waals surface area contributed by atoms with Crippen molar-refractivity contribution >= 4 is 40.4 Å². The number of carboxylic acid groups (broad SMARTS) is 1. The second-order valence-corrected chi connectivity index (χ2v) is 6.97. The van der Waals surface area contributed by atoms with Gasteiger partial charge in [0, 0.05) is 16.5 Å². The standard InChI is InChI=1S/C12H14N2O2S3/c1-2-3-10-13-9(6-17-10)7-19-12-14-8(5-18-12)4-11(15)16/h5-6H,2-4,7H2,1H3,(H,15,16). The van der Waals surface area contributed by atoms with Gasteiger partial charge >= 0.3 is 5.97 Å². The van der Waals surface area contributed by atoms with Crippen LogP contribution in [0.1, 0.15) is 29.7 Å². The average Bonchev–Trinajstić information content (AvgIpc) is 2.96. The maximum Gasteiger partial charge on any atom is 0.309 e. The monoisotopic (exact) mass is 314 g/mol. The van der Waals surface area contributed by atoms with Crippen molar-refractivity contribution in [3.8, 4) is 0 Å². The summed E-state index contributed by atoms with van der Waals surface area (Å²) >= 11 is 4.81. The van der Waals surface area contributed by atoms with E-state index < -0.39 is 5.97 Å². The van der Waals surface area contributed by atoms with Gasteiger partial charge in [0.25, 0.3) is 0 Å². The zero-order valence-electron chi connectivity index (χ0n) is 10.5. The highest BCUT2D eigenvalue weighted by atomic mass is 32.2. The quantitative estimate of drug-likeness (QED) is 0.793. The van der Waals surface area contributed by atoms with E-state index in [4.69, 9.17) is 5.11 Å². The van der Waals surface area contributed by atoms with Crippen LogP contribution in [-0.2, 0) is 23.4 Å². The van der Waals surface area contributed by atoms with E-state index in [1.54, 1.807) is 28.5 Å². The SMILES string of the molecule is CCCc1nc(CSc2nc(CC(=O)O)cs2)cs1. The first-order valence-electron chi connectivity index (χ1n) is 5.89. The van der Waals surface area contributed by atoms with E-state index in [-0.39, 0.29) is 6.42 Å². The van der Waals surface area contributed by atoms with Crippen LogP contribution in [0.15, 0.2) is 15.1 Å². The Morgan fingerprint density at radius 3 is 2.84 bits per heavy atom. The van der Waals surface area contributed by atoms with Crippen molar-refractivity contribution in [3.05, 3.63) is 27.2 Å². The number of rotatable bonds is 7. The van der Waals surface area contributed by atoms with Crippen LogP contribution < -0.4 is 0 Å². The first-order chi connectivity index (χ1) is 9.17. The fraction of sp³-hybridized carbons (Fsp3) is 0.417. The molecule has 0 amide bonds. The largest absolute Gasteiger partial charge is 0.481 e. The highest BCUT2D eigenvalue weighted by molar-refractivity contribution is 8.00. The van der Waals surface area contributed by atoms with Gasteiger partial charge in [0.05, 0.1) is 22.8 Å². The molecule has 0 aliphatic heterocycles. The van der Waals surface area contributed by atoms with Gasteiger partial charge in [-0.05, 0) is 12.8 Å². The Balaban J connectivity index is 1.87. The van der Waals surface area contributed by atoms with Crippen LogP contribution in [0.25, 0.3) is 0 Å². The molecular formula is C12H14N2O2S3. The molecule has 0 bridgehead atoms. The normalized spacial score (nSPS) is 10.8. The summed E-state index contributed by atoms with van der Waals surface area (Å²) in [6.07, 6.45) is 2.15. The maximum atomic E-state index is 10.6. The molecule has 0 radical (unpaired) electrons. The molecular weight excluding hydrogens is 300 g/mol. The smallest absolute Gasteiger partial charge is 0.309 e. The first kappa shape index (κ1) is 14.5. The molecule has 0 atom stereocenters. The number of thioether (sulfide) groups is 1. The molecule has 7 heteroatoms. The van der Waals surface area contributed by atoms with Crippen molar-refractivity contribution in [2.75, 3.05) is 0 Å². The van der Waals surface area contributed by atoms with Crippen LogP contribution in [0.5, 0.6) is 0 Å². The van der Waals surface area contributed by atoms with Gasteiger partial charge < -0.3 is 5.11 Å². The van der Waals surface area contributed by atoms with Gasteiger partial charge in [-0.3, -0.25) is 4.79 Å². The number of carboxylic acids is 1. The second-order valence-electron chi connectivity index (χ2n) is 3.95. The summed E-state index contributed by atoms with van der Waals surface area (Å²) in [6, 6.07) is 0. The van der Waals surface area contributed by atoms with E-state index in [2.05, 4.69) is 22.3 Å². The molecule has 2 heterocycles. The van der Waals surface area contributed by atoms with Crippen LogP contribution in [0.3, 0.4) is 0 Å². The summed E-state index contributed by atoms with van der Waals surface area (Å²) in [5.41, 5.74) is 1.71. The van der Waals surface area contributed by atoms with Crippen molar-refractivity contribution in [1.82, 2.24) is 9.97 Å². The van der Waals surface area contributed by atoms with Crippen molar-refractivity contribution in [3.63, 3.8) is 0 Å². The van der Waals surface area contributed by atoms with Gasteiger partial charge in [-0.15, -0.1) is 22.7 Å². The average molecular weight is 314 g/mol. The first-order valence-corrected chi connectivity index (χ1v) is 8.64. The summed E-state index contributed by atoms with van der Waals surface area (Å²) in [5.74, 6) is -0.0502. The summed E-state index contributed by atoms with van der Waals surface area (Å²) < 4.78 is 0.904. The number of aliphatic carboxylic acids is 1. The lowest BCUT2D eigenvalue weighted by atomic mass is 10.3. The molecule has 4 nitrogen and oxygen atoms in total. The van der Waals surface area contributed by atoms with Crippen LogP contribution in [0, 0.1) is 0 Å². The third-order valence-electron chi connectivity index (χ3n) is 2.27. The minimum Gasteiger partial charge on any atom is -0.481 e. The molecule has 2 rings (SSSR count). The molecule has 0 aliphatic rings. The second kappa shape index (κ2) is 7.02. The summed E-state index contributed by atoms with van der Waals surface area (Å²) in [6.45, 7) is 2.15. The number of carbonyl (C=O) groups is 1. The number of hydrogen-bond donors (Lipinski definition) is 1. The van der Waals surface area contributed by atoms with Gasteiger partial charge in [0.15, 0.2) is 4.34 Å². The van der Waals surface area contributed by atoms with Gasteiger partial charge in [-0.25, -0.2) is 9.97 Å². The van der Waals surface area contributed by atoms with E-state index in [1.165, 1.54) is 16.3 Å². The minimum absolute atomic E-state index is 0.00555. The summed E-state index contributed by atoms with van der Waals surface area (Å²) in [7, 11) is 0.